The summed E-state index contributed by atoms with van der Waals surface area (Å²) in [5.74, 6) is 0.976. The van der Waals surface area contributed by atoms with Gasteiger partial charge < -0.3 is 14.7 Å². The lowest BCUT2D eigenvalue weighted by Gasteiger charge is -2.37. The van der Waals surface area contributed by atoms with Gasteiger partial charge in [-0.2, -0.15) is 0 Å². The molecule has 1 aromatic carbocycles. The van der Waals surface area contributed by atoms with Gasteiger partial charge in [0.25, 0.3) is 0 Å². The van der Waals surface area contributed by atoms with E-state index < -0.39 is 0 Å². The highest BCUT2D eigenvalue weighted by molar-refractivity contribution is 5.33. The predicted molar refractivity (Wildman–Crippen MR) is 86.9 cm³/mol. The van der Waals surface area contributed by atoms with Crippen molar-refractivity contribution in [1.82, 2.24) is 4.90 Å². The van der Waals surface area contributed by atoms with Crippen molar-refractivity contribution in [3.8, 4) is 5.75 Å². The normalized spacial score (nSPS) is 15.2. The SMILES string of the molecule is Cc1ccc(OCCCN(CCCO)C2CCC2)cc1C. The van der Waals surface area contributed by atoms with E-state index in [0.717, 1.165) is 44.3 Å². The Morgan fingerprint density at radius 2 is 1.90 bits per heavy atom. The Morgan fingerprint density at radius 1 is 1.14 bits per heavy atom. The fourth-order valence-corrected chi connectivity index (χ4v) is 2.76. The molecule has 1 N–H and O–H groups in total. The van der Waals surface area contributed by atoms with Gasteiger partial charge in [-0.3, -0.25) is 0 Å². The van der Waals surface area contributed by atoms with Crippen LogP contribution >= 0.6 is 0 Å². The van der Waals surface area contributed by atoms with E-state index in [1.165, 1.54) is 30.4 Å². The number of nitrogens with zero attached hydrogens (tertiary/aromatic N) is 1. The number of benzene rings is 1. The van der Waals surface area contributed by atoms with Crippen LogP contribution in [-0.4, -0.2) is 42.4 Å². The molecule has 1 saturated carbocycles. The maximum absolute atomic E-state index is 9.00. The number of hydrogen-bond donors (Lipinski definition) is 1. The minimum Gasteiger partial charge on any atom is -0.494 e. The Morgan fingerprint density at radius 3 is 2.52 bits per heavy atom. The number of rotatable bonds is 9. The summed E-state index contributed by atoms with van der Waals surface area (Å²) >= 11 is 0. The second-order valence-electron chi connectivity index (χ2n) is 6.15. The molecule has 0 aromatic heterocycles. The summed E-state index contributed by atoms with van der Waals surface area (Å²) in [6, 6.07) is 7.04. The zero-order valence-electron chi connectivity index (χ0n) is 13.5. The summed E-state index contributed by atoms with van der Waals surface area (Å²) in [6.07, 6.45) is 5.94. The minimum absolute atomic E-state index is 0.294. The van der Waals surface area contributed by atoms with Crippen LogP contribution in [0, 0.1) is 13.8 Å². The largest absolute Gasteiger partial charge is 0.494 e. The number of hydrogen-bond acceptors (Lipinski definition) is 3. The maximum Gasteiger partial charge on any atom is 0.119 e. The van der Waals surface area contributed by atoms with Crippen LogP contribution in [0.4, 0.5) is 0 Å². The van der Waals surface area contributed by atoms with E-state index in [1.807, 2.05) is 0 Å². The molecule has 0 spiro atoms. The van der Waals surface area contributed by atoms with Crippen LogP contribution in [0.3, 0.4) is 0 Å². The standard InChI is InChI=1S/C18H29NO2/c1-15-8-9-18(14-16(15)2)21-13-5-11-19(10-4-12-20)17-6-3-7-17/h8-9,14,17,20H,3-7,10-13H2,1-2H3. The molecule has 0 bridgehead atoms. The van der Waals surface area contributed by atoms with E-state index in [4.69, 9.17) is 9.84 Å². The lowest BCUT2D eigenvalue weighted by atomic mass is 9.91. The first-order valence-electron chi connectivity index (χ1n) is 8.25. The summed E-state index contributed by atoms with van der Waals surface area (Å²) in [6.45, 7) is 7.40. The highest BCUT2D eigenvalue weighted by atomic mass is 16.5. The second kappa shape index (κ2) is 8.40. The molecule has 0 unspecified atom stereocenters. The molecule has 0 atom stereocenters. The first-order chi connectivity index (χ1) is 10.2. The van der Waals surface area contributed by atoms with Crippen LogP contribution in [0.1, 0.15) is 43.2 Å². The van der Waals surface area contributed by atoms with Gasteiger partial charge in [0, 0.05) is 25.7 Å². The van der Waals surface area contributed by atoms with Crippen molar-refractivity contribution >= 4 is 0 Å². The van der Waals surface area contributed by atoms with Crippen LogP contribution in [0.2, 0.25) is 0 Å². The van der Waals surface area contributed by atoms with Gasteiger partial charge in [0.05, 0.1) is 6.61 Å². The second-order valence-corrected chi connectivity index (χ2v) is 6.15. The smallest absolute Gasteiger partial charge is 0.119 e. The molecule has 1 aliphatic rings. The van der Waals surface area contributed by atoms with E-state index in [1.54, 1.807) is 0 Å². The molecule has 3 heteroatoms. The molecule has 21 heavy (non-hydrogen) atoms. The van der Waals surface area contributed by atoms with Crippen LogP contribution in [0.5, 0.6) is 5.75 Å². The number of aryl methyl sites for hydroxylation is 2. The highest BCUT2D eigenvalue weighted by Crippen LogP contribution is 2.25. The zero-order chi connectivity index (χ0) is 15.1. The molecule has 1 aromatic rings. The Bertz CT molecular complexity index is 429. The minimum atomic E-state index is 0.294. The number of aliphatic hydroxyl groups is 1. The van der Waals surface area contributed by atoms with Gasteiger partial charge in [-0.05, 0) is 62.8 Å². The Labute approximate surface area is 128 Å². The fraction of sp³-hybridized carbons (Fsp3) is 0.667. The van der Waals surface area contributed by atoms with E-state index in [2.05, 4.69) is 36.9 Å². The number of ether oxygens (including phenoxy) is 1. The first kappa shape index (κ1) is 16.3. The van der Waals surface area contributed by atoms with Gasteiger partial charge in [-0.1, -0.05) is 12.5 Å². The quantitative estimate of drug-likeness (QED) is 0.709. The molecule has 0 heterocycles. The van der Waals surface area contributed by atoms with Gasteiger partial charge in [-0.25, -0.2) is 0 Å². The van der Waals surface area contributed by atoms with Crippen molar-refractivity contribution in [3.05, 3.63) is 29.3 Å². The average molecular weight is 291 g/mol. The molecule has 3 nitrogen and oxygen atoms in total. The van der Waals surface area contributed by atoms with Crippen LogP contribution in [0.25, 0.3) is 0 Å². The van der Waals surface area contributed by atoms with Crippen molar-refractivity contribution in [3.63, 3.8) is 0 Å². The lowest BCUT2D eigenvalue weighted by molar-refractivity contribution is 0.109. The van der Waals surface area contributed by atoms with Gasteiger partial charge in [0.15, 0.2) is 0 Å². The maximum atomic E-state index is 9.00. The average Bonchev–Trinajstić information content (AvgIpc) is 2.42. The number of aliphatic hydroxyl groups excluding tert-OH is 1. The van der Waals surface area contributed by atoms with E-state index in [-0.39, 0.29) is 0 Å². The summed E-state index contributed by atoms with van der Waals surface area (Å²) in [5, 5.41) is 9.00. The molecule has 0 amide bonds. The van der Waals surface area contributed by atoms with Crippen molar-refractivity contribution < 1.29 is 9.84 Å². The van der Waals surface area contributed by atoms with Gasteiger partial charge >= 0.3 is 0 Å². The zero-order valence-corrected chi connectivity index (χ0v) is 13.5. The molecule has 2 rings (SSSR count). The molecule has 1 fully saturated rings. The van der Waals surface area contributed by atoms with Crippen molar-refractivity contribution in [2.75, 3.05) is 26.3 Å². The molecular formula is C18H29NO2. The Balaban J connectivity index is 1.70. The van der Waals surface area contributed by atoms with Gasteiger partial charge in [-0.15, -0.1) is 0 Å². The Hall–Kier alpha value is -1.06. The van der Waals surface area contributed by atoms with Crippen LogP contribution < -0.4 is 4.74 Å². The molecular weight excluding hydrogens is 262 g/mol. The third kappa shape index (κ3) is 5.01. The van der Waals surface area contributed by atoms with E-state index in [9.17, 15) is 0 Å². The lowest BCUT2D eigenvalue weighted by Crippen LogP contribution is -2.41. The monoisotopic (exact) mass is 291 g/mol. The third-order valence-electron chi connectivity index (χ3n) is 4.53. The fourth-order valence-electron chi connectivity index (χ4n) is 2.76. The van der Waals surface area contributed by atoms with Gasteiger partial charge in [0.1, 0.15) is 5.75 Å². The summed E-state index contributed by atoms with van der Waals surface area (Å²) in [4.78, 5) is 2.53. The third-order valence-corrected chi connectivity index (χ3v) is 4.53. The van der Waals surface area contributed by atoms with Crippen molar-refractivity contribution in [2.24, 2.45) is 0 Å². The van der Waals surface area contributed by atoms with Crippen molar-refractivity contribution in [1.29, 1.82) is 0 Å². The van der Waals surface area contributed by atoms with E-state index >= 15 is 0 Å². The molecule has 1 aliphatic carbocycles. The van der Waals surface area contributed by atoms with Gasteiger partial charge in [0.2, 0.25) is 0 Å². The first-order valence-corrected chi connectivity index (χ1v) is 8.25. The van der Waals surface area contributed by atoms with Crippen molar-refractivity contribution in [2.45, 2.75) is 52.0 Å². The van der Waals surface area contributed by atoms with E-state index in [0.29, 0.717) is 6.61 Å². The predicted octanol–water partition coefficient (Wildman–Crippen LogP) is 3.31. The topological polar surface area (TPSA) is 32.7 Å². The summed E-state index contributed by atoms with van der Waals surface area (Å²) < 4.78 is 5.85. The highest BCUT2D eigenvalue weighted by Gasteiger charge is 2.23. The summed E-state index contributed by atoms with van der Waals surface area (Å²) in [5.41, 5.74) is 2.59. The van der Waals surface area contributed by atoms with Crippen LogP contribution in [0.15, 0.2) is 18.2 Å². The molecule has 118 valence electrons. The van der Waals surface area contributed by atoms with Crippen LogP contribution in [-0.2, 0) is 0 Å². The Kier molecular flexibility index (Phi) is 6.52. The molecule has 0 radical (unpaired) electrons. The molecule has 0 saturated heterocycles. The molecule has 0 aliphatic heterocycles. The summed E-state index contributed by atoms with van der Waals surface area (Å²) in [7, 11) is 0.